The summed E-state index contributed by atoms with van der Waals surface area (Å²) in [5.41, 5.74) is 2.65. The fourth-order valence-electron chi connectivity index (χ4n) is 3.38. The number of carbonyl (C=O) groups excluding carboxylic acids is 2. The van der Waals surface area contributed by atoms with Gasteiger partial charge in [-0.3, -0.25) is 9.59 Å². The van der Waals surface area contributed by atoms with E-state index in [1.165, 1.54) is 0 Å². The summed E-state index contributed by atoms with van der Waals surface area (Å²) in [5, 5.41) is 7.89. The van der Waals surface area contributed by atoms with Gasteiger partial charge in [0.25, 0.3) is 11.8 Å². The molecule has 0 saturated heterocycles. The fraction of sp³-hybridized carbons (Fsp3) is 0.0769. The van der Waals surface area contributed by atoms with Crippen LogP contribution >= 0.6 is 0 Å². The predicted molar refractivity (Wildman–Crippen MR) is 121 cm³/mol. The van der Waals surface area contributed by atoms with Crippen LogP contribution in [0.5, 0.6) is 0 Å². The molecule has 0 bridgehead atoms. The van der Waals surface area contributed by atoms with Gasteiger partial charge in [-0.1, -0.05) is 72.8 Å². The number of carbonyl (C=O) groups is 2. The molecule has 30 heavy (non-hydrogen) atoms. The van der Waals surface area contributed by atoms with Crippen molar-refractivity contribution in [2.75, 3.05) is 11.9 Å². The van der Waals surface area contributed by atoms with E-state index in [9.17, 15) is 9.59 Å². The van der Waals surface area contributed by atoms with E-state index in [4.69, 9.17) is 0 Å². The monoisotopic (exact) mass is 394 g/mol. The molecule has 0 fully saturated rings. The highest BCUT2D eigenvalue weighted by molar-refractivity contribution is 6.10. The first-order valence-electron chi connectivity index (χ1n) is 9.92. The van der Waals surface area contributed by atoms with Gasteiger partial charge in [-0.25, -0.2) is 0 Å². The van der Waals surface area contributed by atoms with E-state index in [1.807, 2.05) is 66.7 Å². The smallest absolute Gasteiger partial charge is 0.255 e. The SMILES string of the molecule is O=C(Nc1ccccc1C(=O)NCCc1ccccc1)c1ccc2ccccc2c1. The van der Waals surface area contributed by atoms with Crippen molar-refractivity contribution in [1.82, 2.24) is 5.32 Å². The third-order valence-electron chi connectivity index (χ3n) is 4.97. The fourth-order valence-corrected chi connectivity index (χ4v) is 3.38. The lowest BCUT2D eigenvalue weighted by atomic mass is 10.1. The highest BCUT2D eigenvalue weighted by Crippen LogP contribution is 2.19. The van der Waals surface area contributed by atoms with Gasteiger partial charge in [-0.05, 0) is 47.0 Å². The molecule has 4 rings (SSSR count). The van der Waals surface area contributed by atoms with Crippen LogP contribution < -0.4 is 10.6 Å². The van der Waals surface area contributed by atoms with E-state index >= 15 is 0 Å². The van der Waals surface area contributed by atoms with Crippen molar-refractivity contribution >= 4 is 28.3 Å². The summed E-state index contributed by atoms with van der Waals surface area (Å²) in [6.07, 6.45) is 0.748. The molecule has 0 spiro atoms. The molecule has 2 N–H and O–H groups in total. The van der Waals surface area contributed by atoms with Gasteiger partial charge in [-0.2, -0.15) is 0 Å². The standard InChI is InChI=1S/C26H22N2O2/c29-25(22-15-14-20-10-4-5-11-21(20)18-22)28-24-13-7-6-12-23(24)26(30)27-17-16-19-8-2-1-3-9-19/h1-15,18H,16-17H2,(H,27,30)(H,28,29). The van der Waals surface area contributed by atoms with Crippen LogP contribution in [0.4, 0.5) is 5.69 Å². The quantitative estimate of drug-likeness (QED) is 0.480. The Balaban J connectivity index is 1.45. The highest BCUT2D eigenvalue weighted by Gasteiger charge is 2.14. The summed E-state index contributed by atoms with van der Waals surface area (Å²) in [4.78, 5) is 25.5. The number of anilines is 1. The van der Waals surface area contributed by atoms with E-state index in [1.54, 1.807) is 30.3 Å². The lowest BCUT2D eigenvalue weighted by Gasteiger charge is -2.12. The Morgan fingerprint density at radius 1 is 0.667 bits per heavy atom. The molecular weight excluding hydrogens is 372 g/mol. The number of amides is 2. The number of nitrogens with one attached hydrogen (secondary N) is 2. The minimum absolute atomic E-state index is 0.208. The van der Waals surface area contributed by atoms with Crippen molar-refractivity contribution < 1.29 is 9.59 Å². The molecule has 148 valence electrons. The molecule has 0 aliphatic rings. The summed E-state index contributed by atoms with van der Waals surface area (Å²) < 4.78 is 0. The van der Waals surface area contributed by atoms with Crippen molar-refractivity contribution in [2.45, 2.75) is 6.42 Å². The average Bonchev–Trinajstić information content (AvgIpc) is 2.79. The van der Waals surface area contributed by atoms with Gasteiger partial charge < -0.3 is 10.6 Å². The molecule has 0 radical (unpaired) electrons. The number of hydrogen-bond acceptors (Lipinski definition) is 2. The normalized spacial score (nSPS) is 10.5. The minimum Gasteiger partial charge on any atom is -0.352 e. The Bertz CT molecular complexity index is 1190. The second kappa shape index (κ2) is 9.05. The molecule has 0 atom stereocenters. The molecule has 4 aromatic rings. The zero-order valence-electron chi connectivity index (χ0n) is 16.5. The van der Waals surface area contributed by atoms with Crippen molar-refractivity contribution in [3.05, 3.63) is 114 Å². The number of rotatable bonds is 6. The topological polar surface area (TPSA) is 58.2 Å². The zero-order chi connectivity index (χ0) is 20.8. The lowest BCUT2D eigenvalue weighted by Crippen LogP contribution is -2.27. The number of para-hydroxylation sites is 1. The van der Waals surface area contributed by atoms with Crippen LogP contribution in [0.3, 0.4) is 0 Å². The largest absolute Gasteiger partial charge is 0.352 e. The van der Waals surface area contributed by atoms with E-state index < -0.39 is 0 Å². The molecule has 0 saturated carbocycles. The maximum atomic E-state index is 12.8. The summed E-state index contributed by atoms with van der Waals surface area (Å²) in [6, 6.07) is 30.5. The minimum atomic E-state index is -0.245. The second-order valence-electron chi connectivity index (χ2n) is 7.05. The molecule has 0 aliphatic carbocycles. The number of benzene rings is 4. The Morgan fingerprint density at radius 2 is 1.37 bits per heavy atom. The lowest BCUT2D eigenvalue weighted by molar-refractivity contribution is 0.0955. The molecule has 4 aromatic carbocycles. The second-order valence-corrected chi connectivity index (χ2v) is 7.05. The molecule has 0 heterocycles. The van der Waals surface area contributed by atoms with Gasteiger partial charge in [0.15, 0.2) is 0 Å². The van der Waals surface area contributed by atoms with Crippen molar-refractivity contribution in [2.24, 2.45) is 0 Å². The molecule has 0 unspecified atom stereocenters. The Labute approximate surface area is 175 Å². The van der Waals surface area contributed by atoms with E-state index in [0.29, 0.717) is 23.4 Å². The maximum Gasteiger partial charge on any atom is 0.255 e. The van der Waals surface area contributed by atoms with Crippen LogP contribution in [0.15, 0.2) is 97.1 Å². The van der Waals surface area contributed by atoms with Crippen molar-refractivity contribution in [3.63, 3.8) is 0 Å². The molecular formula is C26H22N2O2. The summed E-state index contributed by atoms with van der Waals surface area (Å²) in [6.45, 7) is 0.524. The van der Waals surface area contributed by atoms with E-state index in [2.05, 4.69) is 10.6 Å². The molecule has 2 amide bonds. The van der Waals surface area contributed by atoms with Gasteiger partial charge in [0.05, 0.1) is 11.3 Å². The Morgan fingerprint density at radius 3 is 2.20 bits per heavy atom. The van der Waals surface area contributed by atoms with Gasteiger partial charge in [0.2, 0.25) is 0 Å². The number of fused-ring (bicyclic) bond motifs is 1. The van der Waals surface area contributed by atoms with Crippen LogP contribution in [-0.2, 0) is 6.42 Å². The summed E-state index contributed by atoms with van der Waals surface area (Å²) in [7, 11) is 0. The molecule has 4 heteroatoms. The van der Waals surface area contributed by atoms with Crippen LogP contribution in [-0.4, -0.2) is 18.4 Å². The Hall–Kier alpha value is -3.92. The van der Waals surface area contributed by atoms with Crippen LogP contribution in [0, 0.1) is 0 Å². The first-order valence-corrected chi connectivity index (χ1v) is 9.92. The summed E-state index contributed by atoms with van der Waals surface area (Å²) >= 11 is 0. The van der Waals surface area contributed by atoms with Gasteiger partial charge in [-0.15, -0.1) is 0 Å². The average molecular weight is 394 g/mol. The predicted octanol–water partition coefficient (Wildman–Crippen LogP) is 5.06. The first kappa shape index (κ1) is 19.4. The third kappa shape index (κ3) is 4.55. The van der Waals surface area contributed by atoms with Gasteiger partial charge in [0, 0.05) is 12.1 Å². The molecule has 0 aromatic heterocycles. The van der Waals surface area contributed by atoms with E-state index in [-0.39, 0.29) is 11.8 Å². The van der Waals surface area contributed by atoms with Crippen LogP contribution in [0.2, 0.25) is 0 Å². The molecule has 0 aliphatic heterocycles. The number of hydrogen-bond donors (Lipinski definition) is 2. The molecule has 4 nitrogen and oxygen atoms in total. The Kier molecular flexibility index (Phi) is 5.85. The maximum absolute atomic E-state index is 12.8. The highest BCUT2D eigenvalue weighted by atomic mass is 16.2. The first-order chi connectivity index (χ1) is 14.7. The third-order valence-corrected chi connectivity index (χ3v) is 4.97. The van der Waals surface area contributed by atoms with E-state index in [0.717, 1.165) is 22.8 Å². The van der Waals surface area contributed by atoms with Gasteiger partial charge >= 0.3 is 0 Å². The zero-order valence-corrected chi connectivity index (χ0v) is 16.5. The van der Waals surface area contributed by atoms with Crippen LogP contribution in [0.1, 0.15) is 26.3 Å². The summed E-state index contributed by atoms with van der Waals surface area (Å²) in [5.74, 6) is -0.453. The van der Waals surface area contributed by atoms with Crippen molar-refractivity contribution in [3.8, 4) is 0 Å². The van der Waals surface area contributed by atoms with Gasteiger partial charge in [0.1, 0.15) is 0 Å². The van der Waals surface area contributed by atoms with Crippen molar-refractivity contribution in [1.29, 1.82) is 0 Å². The van der Waals surface area contributed by atoms with Crippen LogP contribution in [0.25, 0.3) is 10.8 Å².